The maximum atomic E-state index is 11.1. The Morgan fingerprint density at radius 1 is 1.64 bits per heavy atom. The van der Waals surface area contributed by atoms with Gasteiger partial charge in [-0.1, -0.05) is 0 Å². The summed E-state index contributed by atoms with van der Waals surface area (Å²) in [6.45, 7) is 0.984. The normalized spacial score (nSPS) is 41.0. The van der Waals surface area contributed by atoms with Gasteiger partial charge in [-0.3, -0.25) is 10.2 Å². The SMILES string of the molecule is COC(=O)[C@H]1NNCC2CC21. The first-order valence-electron chi connectivity index (χ1n) is 3.89. The van der Waals surface area contributed by atoms with Crippen molar-refractivity contribution in [3.8, 4) is 0 Å². The zero-order chi connectivity index (χ0) is 7.84. The van der Waals surface area contributed by atoms with Crippen molar-refractivity contribution in [1.29, 1.82) is 0 Å². The number of carbonyl (C=O) groups is 1. The van der Waals surface area contributed by atoms with Crippen molar-refractivity contribution in [2.45, 2.75) is 12.5 Å². The minimum atomic E-state index is -0.148. The number of hydrazine groups is 1. The highest BCUT2D eigenvalue weighted by Crippen LogP contribution is 2.42. The van der Waals surface area contributed by atoms with Crippen LogP contribution in [-0.4, -0.2) is 25.7 Å². The number of fused-ring (bicyclic) bond motifs is 1. The van der Waals surface area contributed by atoms with Crippen LogP contribution in [0.2, 0.25) is 0 Å². The molecule has 11 heavy (non-hydrogen) atoms. The Labute approximate surface area is 65.3 Å². The summed E-state index contributed by atoms with van der Waals surface area (Å²) in [6.07, 6.45) is 1.15. The third-order valence-electron chi connectivity index (χ3n) is 2.48. The Bertz CT molecular complexity index is 183. The van der Waals surface area contributed by atoms with Gasteiger partial charge in [0.1, 0.15) is 6.04 Å². The van der Waals surface area contributed by atoms with Gasteiger partial charge < -0.3 is 4.74 Å². The first-order valence-corrected chi connectivity index (χ1v) is 3.89. The number of esters is 1. The predicted octanol–water partition coefficient (Wildman–Crippen LogP) is -0.728. The van der Waals surface area contributed by atoms with E-state index in [2.05, 4.69) is 15.6 Å². The van der Waals surface area contributed by atoms with Gasteiger partial charge in [0.15, 0.2) is 0 Å². The Morgan fingerprint density at radius 3 is 3.18 bits per heavy atom. The van der Waals surface area contributed by atoms with Crippen LogP contribution in [0.25, 0.3) is 0 Å². The Morgan fingerprint density at radius 2 is 2.45 bits per heavy atom. The number of hydrogen-bond donors (Lipinski definition) is 2. The molecule has 2 unspecified atom stereocenters. The van der Waals surface area contributed by atoms with Gasteiger partial charge in [0.05, 0.1) is 7.11 Å². The fraction of sp³-hybridized carbons (Fsp3) is 0.857. The van der Waals surface area contributed by atoms with Gasteiger partial charge >= 0.3 is 5.97 Å². The van der Waals surface area contributed by atoms with Gasteiger partial charge in [0.2, 0.25) is 0 Å². The number of ether oxygens (including phenoxy) is 1. The monoisotopic (exact) mass is 156 g/mol. The van der Waals surface area contributed by atoms with E-state index in [1.54, 1.807) is 0 Å². The van der Waals surface area contributed by atoms with Crippen LogP contribution in [0, 0.1) is 11.8 Å². The Kier molecular flexibility index (Phi) is 1.58. The molecule has 2 N–H and O–H groups in total. The van der Waals surface area contributed by atoms with Gasteiger partial charge in [0, 0.05) is 6.54 Å². The zero-order valence-electron chi connectivity index (χ0n) is 6.46. The summed E-state index contributed by atoms with van der Waals surface area (Å²) in [6, 6.07) is -0.112. The van der Waals surface area contributed by atoms with Crippen LogP contribution in [-0.2, 0) is 9.53 Å². The summed E-state index contributed by atoms with van der Waals surface area (Å²) < 4.78 is 4.65. The van der Waals surface area contributed by atoms with Crippen LogP contribution < -0.4 is 10.9 Å². The minimum Gasteiger partial charge on any atom is -0.468 e. The van der Waals surface area contributed by atoms with Crippen LogP contribution in [0.3, 0.4) is 0 Å². The number of carbonyl (C=O) groups excluding carboxylic acids is 1. The van der Waals surface area contributed by atoms with Crippen LogP contribution in [0.5, 0.6) is 0 Å². The van der Waals surface area contributed by atoms with Crippen LogP contribution in [0.4, 0.5) is 0 Å². The second-order valence-corrected chi connectivity index (χ2v) is 3.19. The summed E-state index contributed by atoms with van der Waals surface area (Å²) in [4.78, 5) is 11.1. The molecule has 0 aromatic carbocycles. The fourth-order valence-corrected chi connectivity index (χ4v) is 1.68. The molecule has 0 amide bonds. The lowest BCUT2D eigenvalue weighted by Gasteiger charge is -2.21. The number of nitrogens with one attached hydrogen (secondary N) is 2. The van der Waals surface area contributed by atoms with Crippen molar-refractivity contribution < 1.29 is 9.53 Å². The average molecular weight is 156 g/mol. The van der Waals surface area contributed by atoms with Gasteiger partial charge in [-0.05, 0) is 18.3 Å². The summed E-state index contributed by atoms with van der Waals surface area (Å²) in [5, 5.41) is 0. The number of methoxy groups -OCH3 is 1. The predicted molar refractivity (Wildman–Crippen MR) is 38.5 cm³/mol. The molecule has 1 heterocycles. The molecule has 1 saturated heterocycles. The fourth-order valence-electron chi connectivity index (χ4n) is 1.68. The van der Waals surface area contributed by atoms with Crippen molar-refractivity contribution in [3.63, 3.8) is 0 Å². The van der Waals surface area contributed by atoms with Gasteiger partial charge in [-0.2, -0.15) is 0 Å². The molecule has 0 bridgehead atoms. The van der Waals surface area contributed by atoms with Crippen molar-refractivity contribution in [3.05, 3.63) is 0 Å². The molecule has 1 aliphatic heterocycles. The van der Waals surface area contributed by atoms with E-state index in [0.29, 0.717) is 11.8 Å². The average Bonchev–Trinajstić information content (AvgIpc) is 2.80. The molecule has 2 rings (SSSR count). The highest BCUT2D eigenvalue weighted by atomic mass is 16.5. The van der Waals surface area contributed by atoms with E-state index in [1.807, 2.05) is 0 Å². The molecule has 4 nitrogen and oxygen atoms in total. The topological polar surface area (TPSA) is 50.4 Å². The summed E-state index contributed by atoms with van der Waals surface area (Å²) in [5.74, 6) is 1.06. The van der Waals surface area contributed by atoms with E-state index >= 15 is 0 Å². The molecule has 3 atom stereocenters. The lowest BCUT2D eigenvalue weighted by Crippen LogP contribution is -2.51. The lowest BCUT2D eigenvalue weighted by molar-refractivity contribution is -0.144. The molecule has 1 aliphatic carbocycles. The Hall–Kier alpha value is -0.610. The minimum absolute atomic E-state index is 0.112. The quantitative estimate of drug-likeness (QED) is 0.491. The van der Waals surface area contributed by atoms with Crippen molar-refractivity contribution in [2.75, 3.05) is 13.7 Å². The van der Waals surface area contributed by atoms with Crippen LogP contribution in [0.15, 0.2) is 0 Å². The third kappa shape index (κ3) is 1.12. The van der Waals surface area contributed by atoms with Crippen molar-refractivity contribution >= 4 is 5.97 Å². The molecule has 0 aromatic heterocycles. The summed E-state index contributed by atoms with van der Waals surface area (Å²) in [7, 11) is 1.43. The summed E-state index contributed by atoms with van der Waals surface area (Å²) in [5.41, 5.74) is 5.93. The highest BCUT2D eigenvalue weighted by molar-refractivity contribution is 5.76. The Balaban J connectivity index is 1.97. The molecular formula is C7H12N2O2. The van der Waals surface area contributed by atoms with Crippen molar-refractivity contribution in [1.82, 2.24) is 10.9 Å². The van der Waals surface area contributed by atoms with E-state index in [-0.39, 0.29) is 12.0 Å². The molecule has 4 heteroatoms. The first-order chi connectivity index (χ1) is 5.33. The molecule has 0 spiro atoms. The van der Waals surface area contributed by atoms with Crippen molar-refractivity contribution in [2.24, 2.45) is 11.8 Å². The van der Waals surface area contributed by atoms with E-state index in [0.717, 1.165) is 13.0 Å². The maximum Gasteiger partial charge on any atom is 0.324 e. The van der Waals surface area contributed by atoms with Gasteiger partial charge in [0.25, 0.3) is 0 Å². The van der Waals surface area contributed by atoms with Gasteiger partial charge in [-0.25, -0.2) is 5.43 Å². The maximum absolute atomic E-state index is 11.1. The van der Waals surface area contributed by atoms with Gasteiger partial charge in [-0.15, -0.1) is 0 Å². The molecular weight excluding hydrogens is 144 g/mol. The third-order valence-corrected chi connectivity index (χ3v) is 2.48. The van der Waals surface area contributed by atoms with E-state index < -0.39 is 0 Å². The summed E-state index contributed by atoms with van der Waals surface area (Å²) >= 11 is 0. The molecule has 2 aliphatic rings. The molecule has 62 valence electrons. The number of rotatable bonds is 1. The molecule has 2 fully saturated rings. The largest absolute Gasteiger partial charge is 0.468 e. The second-order valence-electron chi connectivity index (χ2n) is 3.19. The molecule has 0 aromatic rings. The molecule has 0 radical (unpaired) electrons. The van der Waals surface area contributed by atoms with Crippen LogP contribution in [0.1, 0.15) is 6.42 Å². The molecule has 1 saturated carbocycles. The first kappa shape index (κ1) is 7.06. The highest BCUT2D eigenvalue weighted by Gasteiger charge is 2.48. The van der Waals surface area contributed by atoms with E-state index in [4.69, 9.17) is 0 Å². The number of hydrogen-bond acceptors (Lipinski definition) is 4. The second kappa shape index (κ2) is 2.46. The lowest BCUT2D eigenvalue weighted by atomic mass is 10.1. The standard InChI is InChI=1S/C7H12N2O2/c1-11-7(10)6-5-2-4(5)3-8-9-6/h4-6,8-9H,2-3H2,1H3/t4?,5?,6-/m0/s1. The zero-order valence-corrected chi connectivity index (χ0v) is 6.46. The van der Waals surface area contributed by atoms with E-state index in [9.17, 15) is 4.79 Å². The van der Waals surface area contributed by atoms with E-state index in [1.165, 1.54) is 7.11 Å². The van der Waals surface area contributed by atoms with Crippen LogP contribution >= 0.6 is 0 Å². The smallest absolute Gasteiger partial charge is 0.324 e.